The molecule has 1 atom stereocenters. The first kappa shape index (κ1) is 14.8. The summed E-state index contributed by atoms with van der Waals surface area (Å²) in [5.74, 6) is -1.29. The number of nitrogens with zero attached hydrogens (tertiary/aromatic N) is 1. The van der Waals surface area contributed by atoms with Crippen LogP contribution in [-0.4, -0.2) is 35.1 Å². The Labute approximate surface area is 139 Å². The van der Waals surface area contributed by atoms with Crippen LogP contribution in [0.25, 0.3) is 11.1 Å². The molecular weight excluding hydrogens is 304 g/mol. The van der Waals surface area contributed by atoms with Crippen LogP contribution >= 0.6 is 0 Å². The molecule has 1 fully saturated rings. The van der Waals surface area contributed by atoms with Gasteiger partial charge < -0.3 is 15.3 Å². The van der Waals surface area contributed by atoms with Crippen molar-refractivity contribution in [2.24, 2.45) is 5.92 Å². The van der Waals surface area contributed by atoms with Crippen molar-refractivity contribution in [1.82, 2.24) is 4.90 Å². The lowest BCUT2D eigenvalue weighted by Crippen LogP contribution is -2.33. The highest BCUT2D eigenvalue weighted by Crippen LogP contribution is 2.37. The third-order valence-corrected chi connectivity index (χ3v) is 4.87. The number of fused-ring (bicyclic) bond motifs is 3. The van der Waals surface area contributed by atoms with Gasteiger partial charge in [-0.1, -0.05) is 30.3 Å². The fraction of sp³-hybridized carbons (Fsp3) is 0.263. The smallest absolute Gasteiger partial charge is 0.321 e. The average Bonchev–Trinajstić information content (AvgIpc) is 3.19. The SMILES string of the molecule is O=C(O)C1CCN(C(=O)Nc2ccc3c(c2)Cc2ccccc2-3)C1. The lowest BCUT2D eigenvalue weighted by molar-refractivity contribution is -0.141. The molecule has 1 saturated heterocycles. The van der Waals surface area contributed by atoms with Crippen LogP contribution < -0.4 is 5.32 Å². The molecule has 2 aliphatic rings. The van der Waals surface area contributed by atoms with Crippen molar-refractivity contribution in [1.29, 1.82) is 0 Å². The van der Waals surface area contributed by atoms with E-state index in [9.17, 15) is 9.59 Å². The number of rotatable bonds is 2. The van der Waals surface area contributed by atoms with Crippen LogP contribution in [0.15, 0.2) is 42.5 Å². The van der Waals surface area contributed by atoms with Crippen LogP contribution in [0, 0.1) is 5.92 Å². The van der Waals surface area contributed by atoms with Gasteiger partial charge in [-0.3, -0.25) is 4.79 Å². The number of anilines is 1. The summed E-state index contributed by atoms with van der Waals surface area (Å²) in [6.07, 6.45) is 1.39. The van der Waals surface area contributed by atoms with E-state index < -0.39 is 11.9 Å². The summed E-state index contributed by atoms with van der Waals surface area (Å²) in [4.78, 5) is 24.9. The first-order valence-electron chi connectivity index (χ1n) is 8.12. The van der Waals surface area contributed by atoms with Gasteiger partial charge in [-0.15, -0.1) is 0 Å². The Bertz CT molecular complexity index is 831. The van der Waals surface area contributed by atoms with Crippen LogP contribution in [0.3, 0.4) is 0 Å². The Kier molecular flexibility index (Phi) is 3.49. The molecule has 5 heteroatoms. The Morgan fingerprint density at radius 3 is 2.67 bits per heavy atom. The number of benzene rings is 2. The molecule has 1 heterocycles. The summed E-state index contributed by atoms with van der Waals surface area (Å²) in [5, 5.41) is 11.9. The molecule has 4 rings (SSSR count). The molecule has 0 aromatic heterocycles. The minimum atomic E-state index is -0.833. The van der Waals surface area contributed by atoms with E-state index in [1.807, 2.05) is 30.3 Å². The van der Waals surface area contributed by atoms with Crippen molar-refractivity contribution in [3.8, 4) is 11.1 Å². The van der Waals surface area contributed by atoms with Crippen LogP contribution in [-0.2, 0) is 11.2 Å². The third kappa shape index (κ3) is 2.52. The van der Waals surface area contributed by atoms with Gasteiger partial charge >= 0.3 is 12.0 Å². The predicted molar refractivity (Wildman–Crippen MR) is 91.0 cm³/mol. The van der Waals surface area contributed by atoms with E-state index in [0.717, 1.165) is 12.1 Å². The zero-order valence-electron chi connectivity index (χ0n) is 13.2. The number of carboxylic acids is 1. The molecule has 0 bridgehead atoms. The van der Waals surface area contributed by atoms with Crippen molar-refractivity contribution in [3.05, 3.63) is 53.6 Å². The first-order valence-corrected chi connectivity index (χ1v) is 8.12. The molecule has 2 amide bonds. The number of nitrogens with one attached hydrogen (secondary N) is 1. The maximum absolute atomic E-state index is 12.3. The second-order valence-electron chi connectivity index (χ2n) is 6.41. The number of urea groups is 1. The maximum atomic E-state index is 12.3. The molecule has 0 radical (unpaired) electrons. The highest BCUT2D eigenvalue weighted by molar-refractivity contribution is 5.91. The molecule has 2 N–H and O–H groups in total. The van der Waals surface area contributed by atoms with Gasteiger partial charge in [-0.2, -0.15) is 0 Å². The quantitative estimate of drug-likeness (QED) is 0.761. The van der Waals surface area contributed by atoms with E-state index in [2.05, 4.69) is 17.4 Å². The maximum Gasteiger partial charge on any atom is 0.321 e. The Morgan fingerprint density at radius 1 is 1.08 bits per heavy atom. The minimum absolute atomic E-state index is 0.228. The van der Waals surface area contributed by atoms with Crippen LogP contribution in [0.5, 0.6) is 0 Å². The van der Waals surface area contributed by atoms with Gasteiger partial charge in [0.05, 0.1) is 5.92 Å². The molecule has 0 saturated carbocycles. The standard InChI is InChI=1S/C19H18N2O3/c22-18(23)13-7-8-21(11-13)19(24)20-15-5-6-17-14(10-15)9-12-3-1-2-4-16(12)17/h1-6,10,13H,7-9,11H2,(H,20,24)(H,22,23). The number of amides is 2. The monoisotopic (exact) mass is 322 g/mol. The predicted octanol–water partition coefficient (Wildman–Crippen LogP) is 3.20. The Hall–Kier alpha value is -2.82. The number of hydrogen-bond acceptors (Lipinski definition) is 2. The normalized spacial score (nSPS) is 18.2. The Balaban J connectivity index is 1.48. The average molecular weight is 322 g/mol. The summed E-state index contributed by atoms with van der Waals surface area (Å²) >= 11 is 0. The van der Waals surface area contributed by atoms with Gasteiger partial charge in [0, 0.05) is 18.8 Å². The van der Waals surface area contributed by atoms with E-state index >= 15 is 0 Å². The third-order valence-electron chi connectivity index (χ3n) is 4.87. The molecule has 1 unspecified atom stereocenters. The number of hydrogen-bond donors (Lipinski definition) is 2. The van der Waals surface area contributed by atoms with E-state index in [1.165, 1.54) is 22.3 Å². The number of likely N-dealkylation sites (tertiary alicyclic amines) is 1. The largest absolute Gasteiger partial charge is 0.481 e. The van der Waals surface area contributed by atoms with Gasteiger partial charge in [0.25, 0.3) is 0 Å². The highest BCUT2D eigenvalue weighted by Gasteiger charge is 2.31. The molecule has 5 nitrogen and oxygen atoms in total. The summed E-state index contributed by atoms with van der Waals surface area (Å²) in [5.41, 5.74) is 5.74. The van der Waals surface area contributed by atoms with Gasteiger partial charge in [0.2, 0.25) is 0 Å². The topological polar surface area (TPSA) is 69.6 Å². The van der Waals surface area contributed by atoms with E-state index in [4.69, 9.17) is 5.11 Å². The zero-order valence-corrected chi connectivity index (χ0v) is 13.2. The summed E-state index contributed by atoms with van der Waals surface area (Å²) < 4.78 is 0. The second-order valence-corrected chi connectivity index (χ2v) is 6.41. The highest BCUT2D eigenvalue weighted by atomic mass is 16.4. The number of carboxylic acid groups (broad SMARTS) is 1. The molecule has 2 aromatic carbocycles. The molecule has 2 aromatic rings. The molecular formula is C19H18N2O3. The molecule has 1 aliphatic carbocycles. The fourth-order valence-electron chi connectivity index (χ4n) is 3.57. The van der Waals surface area contributed by atoms with Crippen LogP contribution in [0.2, 0.25) is 0 Å². The Morgan fingerprint density at radius 2 is 1.88 bits per heavy atom. The molecule has 122 valence electrons. The van der Waals surface area contributed by atoms with Crippen molar-refractivity contribution < 1.29 is 14.7 Å². The van der Waals surface area contributed by atoms with Crippen LogP contribution in [0.4, 0.5) is 10.5 Å². The summed E-state index contributed by atoms with van der Waals surface area (Å²) in [7, 11) is 0. The lowest BCUT2D eigenvalue weighted by Gasteiger charge is -2.17. The summed E-state index contributed by atoms with van der Waals surface area (Å²) in [6, 6.07) is 14.1. The lowest BCUT2D eigenvalue weighted by atomic mass is 10.1. The zero-order chi connectivity index (χ0) is 16.7. The molecule has 24 heavy (non-hydrogen) atoms. The second kappa shape index (κ2) is 5.67. The van der Waals surface area contributed by atoms with Crippen molar-refractivity contribution in [3.63, 3.8) is 0 Å². The molecule has 1 aliphatic heterocycles. The van der Waals surface area contributed by atoms with E-state index in [0.29, 0.717) is 13.0 Å². The number of carbonyl (C=O) groups is 2. The van der Waals surface area contributed by atoms with Gasteiger partial charge in [0.15, 0.2) is 0 Å². The van der Waals surface area contributed by atoms with Crippen molar-refractivity contribution >= 4 is 17.7 Å². The van der Waals surface area contributed by atoms with Crippen LogP contribution in [0.1, 0.15) is 17.5 Å². The first-order chi connectivity index (χ1) is 11.6. The van der Waals surface area contributed by atoms with Gasteiger partial charge in [0.1, 0.15) is 0 Å². The number of aliphatic carboxylic acids is 1. The van der Waals surface area contributed by atoms with Crippen molar-refractivity contribution in [2.45, 2.75) is 12.8 Å². The summed E-state index contributed by atoms with van der Waals surface area (Å²) in [6.45, 7) is 0.761. The van der Waals surface area contributed by atoms with E-state index in [-0.39, 0.29) is 12.6 Å². The number of carbonyl (C=O) groups excluding carboxylic acids is 1. The van der Waals surface area contributed by atoms with Gasteiger partial charge in [-0.05, 0) is 47.2 Å². The molecule has 0 spiro atoms. The fourth-order valence-corrected chi connectivity index (χ4v) is 3.57. The van der Waals surface area contributed by atoms with E-state index in [1.54, 1.807) is 4.90 Å². The minimum Gasteiger partial charge on any atom is -0.481 e. The van der Waals surface area contributed by atoms with Crippen molar-refractivity contribution in [2.75, 3.05) is 18.4 Å². The van der Waals surface area contributed by atoms with Gasteiger partial charge in [-0.25, -0.2) is 4.79 Å².